The van der Waals surface area contributed by atoms with Gasteiger partial charge in [-0.2, -0.15) is 0 Å². The number of carbonyl (C=O) groups excluding carboxylic acids is 1. The third kappa shape index (κ3) is 3.75. The van der Waals surface area contributed by atoms with Gasteiger partial charge in [0.15, 0.2) is 0 Å². The molecule has 0 fully saturated rings. The van der Waals surface area contributed by atoms with Gasteiger partial charge >= 0.3 is 0 Å². The molecule has 0 aliphatic rings. The number of hydrogen-bond acceptors (Lipinski definition) is 4. The first-order chi connectivity index (χ1) is 10.2. The molecular weight excluding hydrogens is 310 g/mol. The van der Waals surface area contributed by atoms with Gasteiger partial charge in [-0.3, -0.25) is 4.79 Å². The Bertz CT molecular complexity index is 614. The summed E-state index contributed by atoms with van der Waals surface area (Å²) in [5.74, 6) is 0.519. The van der Waals surface area contributed by atoms with Gasteiger partial charge in [0.05, 0.1) is 19.3 Å². The summed E-state index contributed by atoms with van der Waals surface area (Å²) in [4.78, 5) is 14.1. The lowest BCUT2D eigenvalue weighted by Gasteiger charge is -2.22. The number of para-hydroxylation sites is 1. The lowest BCUT2D eigenvalue weighted by molar-refractivity contribution is 0.0707. The van der Waals surface area contributed by atoms with Gasteiger partial charge in [-0.15, -0.1) is 11.3 Å². The van der Waals surface area contributed by atoms with Crippen LogP contribution in [0.2, 0.25) is 4.34 Å². The number of carbonyl (C=O) groups is 1. The van der Waals surface area contributed by atoms with Crippen molar-refractivity contribution in [3.8, 4) is 5.75 Å². The second kappa shape index (κ2) is 7.45. The van der Waals surface area contributed by atoms with E-state index in [4.69, 9.17) is 16.3 Å². The zero-order valence-electron chi connectivity index (χ0n) is 11.6. The Morgan fingerprint density at radius 1 is 1.38 bits per heavy atom. The summed E-state index contributed by atoms with van der Waals surface area (Å²) in [5.41, 5.74) is 1.35. The second-order valence-electron chi connectivity index (χ2n) is 4.37. The summed E-state index contributed by atoms with van der Waals surface area (Å²) < 4.78 is 5.76. The Hall–Kier alpha value is -1.56. The van der Waals surface area contributed by atoms with E-state index in [1.165, 1.54) is 11.3 Å². The molecule has 2 aromatic rings. The third-order valence-electron chi connectivity index (χ3n) is 3.06. The highest BCUT2D eigenvalue weighted by Crippen LogP contribution is 2.26. The summed E-state index contributed by atoms with van der Waals surface area (Å²) in [6.07, 6.45) is 0. The van der Waals surface area contributed by atoms with E-state index in [1.54, 1.807) is 23.5 Å². The van der Waals surface area contributed by atoms with Crippen molar-refractivity contribution in [1.82, 2.24) is 4.90 Å². The first-order valence-corrected chi connectivity index (χ1v) is 7.68. The minimum Gasteiger partial charge on any atom is -0.496 e. The summed E-state index contributed by atoms with van der Waals surface area (Å²) >= 11 is 7.34. The van der Waals surface area contributed by atoms with Gasteiger partial charge in [0.25, 0.3) is 5.91 Å². The van der Waals surface area contributed by atoms with Crippen LogP contribution in [0, 0.1) is 0 Å². The van der Waals surface area contributed by atoms with Crippen LogP contribution in [-0.2, 0) is 6.54 Å². The van der Waals surface area contributed by atoms with Crippen LogP contribution >= 0.6 is 22.9 Å². The molecule has 0 unspecified atom stereocenters. The summed E-state index contributed by atoms with van der Waals surface area (Å²) in [6, 6.07) is 9.19. The maximum atomic E-state index is 12.5. The minimum absolute atomic E-state index is 0.108. The van der Waals surface area contributed by atoms with Crippen LogP contribution in [0.4, 0.5) is 0 Å². The average Bonchev–Trinajstić information content (AvgIpc) is 2.92. The number of aliphatic hydroxyl groups excluding tert-OH is 1. The zero-order chi connectivity index (χ0) is 15.2. The number of aliphatic hydroxyl groups is 1. The number of halogens is 1. The fourth-order valence-electron chi connectivity index (χ4n) is 2.03. The first-order valence-electron chi connectivity index (χ1n) is 6.42. The standard InChI is InChI=1S/C15H16ClNO3S/c1-20-13-5-3-2-4-11(13)10-17(7-8-18)15(19)12-6-9-21-14(12)16/h2-6,9,18H,7-8,10H2,1H3. The smallest absolute Gasteiger partial charge is 0.256 e. The van der Waals surface area contributed by atoms with E-state index in [2.05, 4.69) is 0 Å². The lowest BCUT2D eigenvalue weighted by Crippen LogP contribution is -2.33. The number of amides is 1. The lowest BCUT2D eigenvalue weighted by atomic mass is 10.1. The molecule has 21 heavy (non-hydrogen) atoms. The highest BCUT2D eigenvalue weighted by molar-refractivity contribution is 7.14. The van der Waals surface area contributed by atoms with Crippen molar-refractivity contribution in [3.05, 3.63) is 51.2 Å². The third-order valence-corrected chi connectivity index (χ3v) is 4.23. The summed E-state index contributed by atoms with van der Waals surface area (Å²) in [6.45, 7) is 0.487. The number of nitrogens with zero attached hydrogens (tertiary/aromatic N) is 1. The molecule has 0 atom stereocenters. The Balaban J connectivity index is 2.23. The average molecular weight is 326 g/mol. The normalized spacial score (nSPS) is 10.4. The number of hydrogen-bond donors (Lipinski definition) is 1. The summed E-state index contributed by atoms with van der Waals surface area (Å²) in [5, 5.41) is 11.0. The Morgan fingerprint density at radius 2 is 2.14 bits per heavy atom. The molecule has 1 amide bonds. The maximum Gasteiger partial charge on any atom is 0.256 e. The van der Waals surface area contributed by atoms with E-state index in [0.717, 1.165) is 5.56 Å². The molecule has 1 aromatic carbocycles. The Morgan fingerprint density at radius 3 is 2.76 bits per heavy atom. The Kier molecular flexibility index (Phi) is 5.61. The van der Waals surface area contributed by atoms with E-state index >= 15 is 0 Å². The molecule has 0 aliphatic carbocycles. The van der Waals surface area contributed by atoms with Gasteiger partial charge < -0.3 is 14.7 Å². The topological polar surface area (TPSA) is 49.8 Å². The van der Waals surface area contributed by atoms with Gasteiger partial charge in [-0.1, -0.05) is 29.8 Å². The van der Waals surface area contributed by atoms with Crippen LogP contribution in [0.25, 0.3) is 0 Å². The quantitative estimate of drug-likeness (QED) is 0.888. The Labute approximate surface area is 132 Å². The molecule has 112 valence electrons. The van der Waals surface area contributed by atoms with Crippen molar-refractivity contribution in [2.75, 3.05) is 20.3 Å². The molecule has 1 N–H and O–H groups in total. The van der Waals surface area contributed by atoms with Gasteiger partial charge in [0.2, 0.25) is 0 Å². The molecule has 1 aromatic heterocycles. The van der Waals surface area contributed by atoms with Crippen LogP contribution in [0.3, 0.4) is 0 Å². The van der Waals surface area contributed by atoms with Crippen LogP contribution in [0.1, 0.15) is 15.9 Å². The molecule has 6 heteroatoms. The highest BCUT2D eigenvalue weighted by Gasteiger charge is 2.20. The largest absolute Gasteiger partial charge is 0.496 e. The number of benzene rings is 1. The van der Waals surface area contributed by atoms with Crippen LogP contribution in [0.5, 0.6) is 5.75 Å². The molecular formula is C15H16ClNO3S. The van der Waals surface area contributed by atoms with Crippen molar-refractivity contribution < 1.29 is 14.6 Å². The molecule has 0 saturated carbocycles. The molecule has 0 radical (unpaired) electrons. The molecule has 0 saturated heterocycles. The van der Waals surface area contributed by atoms with Crippen LogP contribution < -0.4 is 4.74 Å². The van der Waals surface area contributed by atoms with E-state index < -0.39 is 0 Å². The van der Waals surface area contributed by atoms with Crippen molar-refractivity contribution in [2.24, 2.45) is 0 Å². The molecule has 0 spiro atoms. The zero-order valence-corrected chi connectivity index (χ0v) is 13.2. The van der Waals surface area contributed by atoms with Gasteiger partial charge in [0.1, 0.15) is 10.1 Å². The van der Waals surface area contributed by atoms with Crippen molar-refractivity contribution in [2.45, 2.75) is 6.54 Å². The predicted molar refractivity (Wildman–Crippen MR) is 84.1 cm³/mol. The highest BCUT2D eigenvalue weighted by atomic mass is 35.5. The number of rotatable bonds is 6. The molecule has 4 nitrogen and oxygen atoms in total. The van der Waals surface area contributed by atoms with Crippen molar-refractivity contribution in [3.63, 3.8) is 0 Å². The second-order valence-corrected chi connectivity index (χ2v) is 5.89. The monoisotopic (exact) mass is 325 g/mol. The van der Waals surface area contributed by atoms with E-state index in [9.17, 15) is 9.90 Å². The maximum absolute atomic E-state index is 12.5. The van der Waals surface area contributed by atoms with E-state index in [0.29, 0.717) is 22.2 Å². The SMILES string of the molecule is COc1ccccc1CN(CCO)C(=O)c1ccsc1Cl. The molecule has 2 rings (SSSR count). The first kappa shape index (κ1) is 15.8. The molecule has 0 bridgehead atoms. The fraction of sp³-hybridized carbons (Fsp3) is 0.267. The van der Waals surface area contributed by atoms with Crippen LogP contribution in [0.15, 0.2) is 35.7 Å². The van der Waals surface area contributed by atoms with Crippen LogP contribution in [-0.4, -0.2) is 36.2 Å². The number of methoxy groups -OCH3 is 1. The van der Waals surface area contributed by atoms with E-state index in [-0.39, 0.29) is 19.1 Å². The number of thiophene rings is 1. The fourth-order valence-corrected chi connectivity index (χ4v) is 2.93. The van der Waals surface area contributed by atoms with E-state index in [1.807, 2.05) is 24.3 Å². The summed E-state index contributed by atoms with van der Waals surface area (Å²) in [7, 11) is 1.59. The predicted octanol–water partition coefficient (Wildman–Crippen LogP) is 3.04. The number of ether oxygens (including phenoxy) is 1. The van der Waals surface area contributed by atoms with Gasteiger partial charge in [-0.25, -0.2) is 0 Å². The van der Waals surface area contributed by atoms with Gasteiger partial charge in [0, 0.05) is 18.7 Å². The minimum atomic E-state index is -0.193. The van der Waals surface area contributed by atoms with Gasteiger partial charge in [-0.05, 0) is 17.5 Å². The van der Waals surface area contributed by atoms with Crippen molar-refractivity contribution >= 4 is 28.8 Å². The van der Waals surface area contributed by atoms with Crippen molar-refractivity contribution in [1.29, 1.82) is 0 Å². The molecule has 1 heterocycles. The molecule has 0 aliphatic heterocycles.